The molecule has 0 fully saturated rings. The van der Waals surface area contributed by atoms with Crippen LogP contribution in [0.2, 0.25) is 0 Å². The van der Waals surface area contributed by atoms with Gasteiger partial charge in [-0.2, -0.15) is 0 Å². The number of hydrogen-bond donors (Lipinski definition) is 2. The normalized spacial score (nSPS) is 14.3. The highest BCUT2D eigenvalue weighted by atomic mass is 32.2. The molecule has 2 N–H and O–H groups in total. The van der Waals surface area contributed by atoms with Gasteiger partial charge in [0.25, 0.3) is 0 Å². The van der Waals surface area contributed by atoms with Crippen molar-refractivity contribution < 1.29 is 36.6 Å². The van der Waals surface area contributed by atoms with Gasteiger partial charge >= 0.3 is 7.60 Å². The fourth-order valence-corrected chi connectivity index (χ4v) is 5.74. The molecule has 0 radical (unpaired) electrons. The summed E-state index contributed by atoms with van der Waals surface area (Å²) in [6, 6.07) is 5.56. The molecule has 1 aromatic heterocycles. The molecular weight excluding hydrogens is 536 g/mol. The topological polar surface area (TPSA) is 139 Å². The summed E-state index contributed by atoms with van der Waals surface area (Å²) >= 11 is 0. The van der Waals surface area contributed by atoms with E-state index in [1.807, 2.05) is 13.8 Å². The maximum atomic E-state index is 13.6. The van der Waals surface area contributed by atoms with Crippen molar-refractivity contribution in [3.8, 4) is 11.3 Å². The van der Waals surface area contributed by atoms with E-state index in [0.29, 0.717) is 22.5 Å². The van der Waals surface area contributed by atoms with E-state index >= 15 is 0 Å². The SMILES string of the molecule is CCOP(=O)(C[C@H](O)C[C@H](O)/C=C/c1c(-c2ccc(F)cc2)nc(N(C)S(C)(=O)=O)nc1C(C)C)OCC. The van der Waals surface area contributed by atoms with E-state index in [4.69, 9.17) is 9.05 Å². The molecule has 2 atom stereocenters. The Hall–Kier alpha value is -2.21. The molecule has 10 nitrogen and oxygen atoms in total. The van der Waals surface area contributed by atoms with Crippen molar-refractivity contribution in [1.82, 2.24) is 9.97 Å². The van der Waals surface area contributed by atoms with E-state index in [2.05, 4.69) is 9.97 Å². The van der Waals surface area contributed by atoms with Crippen molar-refractivity contribution in [2.75, 3.05) is 37.0 Å². The lowest BCUT2D eigenvalue weighted by atomic mass is 9.97. The summed E-state index contributed by atoms with van der Waals surface area (Å²) in [5, 5.41) is 21.1. The van der Waals surface area contributed by atoms with Gasteiger partial charge in [-0.05, 0) is 44.0 Å². The molecule has 0 amide bonds. The summed E-state index contributed by atoms with van der Waals surface area (Å²) in [5.74, 6) is -0.668. The number of aromatic nitrogens is 2. The van der Waals surface area contributed by atoms with Crippen molar-refractivity contribution >= 4 is 29.6 Å². The van der Waals surface area contributed by atoms with Crippen molar-refractivity contribution in [3.05, 3.63) is 47.4 Å². The van der Waals surface area contributed by atoms with E-state index in [0.717, 1.165) is 10.6 Å². The molecule has 0 saturated carbocycles. The second kappa shape index (κ2) is 13.7. The molecule has 1 heterocycles. The lowest BCUT2D eigenvalue weighted by Crippen LogP contribution is -2.27. The van der Waals surface area contributed by atoms with Gasteiger partial charge in [0.05, 0.1) is 49.2 Å². The zero-order valence-electron chi connectivity index (χ0n) is 22.5. The Morgan fingerprint density at radius 2 is 1.68 bits per heavy atom. The number of rotatable bonds is 14. The first-order valence-electron chi connectivity index (χ1n) is 12.2. The summed E-state index contributed by atoms with van der Waals surface area (Å²) in [7, 11) is -5.82. The third kappa shape index (κ3) is 8.93. The van der Waals surface area contributed by atoms with Crippen LogP contribution in [-0.4, -0.2) is 73.5 Å². The maximum absolute atomic E-state index is 13.6. The number of anilines is 1. The van der Waals surface area contributed by atoms with Crippen LogP contribution in [0, 0.1) is 5.82 Å². The summed E-state index contributed by atoms with van der Waals surface area (Å²) in [5.41, 5.74) is 1.86. The van der Waals surface area contributed by atoms with E-state index in [9.17, 15) is 27.6 Å². The van der Waals surface area contributed by atoms with Crippen LogP contribution >= 0.6 is 7.60 Å². The fourth-order valence-electron chi connectivity index (χ4n) is 3.63. The number of aliphatic hydroxyl groups is 2. The lowest BCUT2D eigenvalue weighted by Gasteiger charge is -2.21. The Labute approximate surface area is 224 Å². The minimum atomic E-state index is -3.66. The molecule has 2 rings (SSSR count). The lowest BCUT2D eigenvalue weighted by molar-refractivity contribution is 0.110. The monoisotopic (exact) mass is 573 g/mol. The Balaban J connectivity index is 2.48. The molecule has 212 valence electrons. The Bertz CT molecular complexity index is 1250. The second-order valence-corrected chi connectivity index (χ2v) is 13.1. The molecule has 13 heteroatoms. The van der Waals surface area contributed by atoms with Crippen LogP contribution in [0.25, 0.3) is 17.3 Å². The summed E-state index contributed by atoms with van der Waals surface area (Å²) in [4.78, 5) is 8.95. The van der Waals surface area contributed by atoms with Crippen LogP contribution < -0.4 is 4.31 Å². The van der Waals surface area contributed by atoms with Gasteiger partial charge in [-0.25, -0.2) is 27.1 Å². The molecule has 0 unspecified atom stereocenters. The van der Waals surface area contributed by atoms with E-state index in [1.165, 1.54) is 37.4 Å². The average molecular weight is 574 g/mol. The number of halogens is 1. The van der Waals surface area contributed by atoms with Gasteiger partial charge in [0.1, 0.15) is 5.82 Å². The summed E-state index contributed by atoms with van der Waals surface area (Å²) in [6.45, 7) is 7.39. The molecule has 0 bridgehead atoms. The van der Waals surface area contributed by atoms with Crippen LogP contribution in [0.1, 0.15) is 51.3 Å². The first-order valence-corrected chi connectivity index (χ1v) is 15.8. The minimum absolute atomic E-state index is 0.0498. The highest BCUT2D eigenvalue weighted by molar-refractivity contribution is 7.92. The third-order valence-electron chi connectivity index (χ3n) is 5.49. The van der Waals surface area contributed by atoms with Gasteiger partial charge in [0.15, 0.2) is 0 Å². The van der Waals surface area contributed by atoms with Crippen LogP contribution in [-0.2, 0) is 23.6 Å². The standard InChI is InChI=1S/C25H37FN3O7PS/c1-7-35-37(32,36-8-2)16-21(31)15-20(30)13-14-22-23(17(3)4)27-25(29(5)38(6,33)34)28-24(22)18-9-11-19(26)12-10-18/h9-14,17,20-21,30-31H,7-8,15-16H2,1-6H3/b14-13+/t20-,21-/m1/s1. The van der Waals surface area contributed by atoms with E-state index in [-0.39, 0.29) is 37.7 Å². The van der Waals surface area contributed by atoms with Crippen LogP contribution in [0.4, 0.5) is 10.3 Å². The number of benzene rings is 1. The molecule has 2 aromatic rings. The Kier molecular flexibility index (Phi) is 11.6. The molecule has 0 spiro atoms. The predicted octanol–water partition coefficient (Wildman–Crippen LogP) is 4.19. The first kappa shape index (κ1) is 32.0. The largest absolute Gasteiger partial charge is 0.392 e. The van der Waals surface area contributed by atoms with E-state index in [1.54, 1.807) is 19.9 Å². The highest BCUT2D eigenvalue weighted by Crippen LogP contribution is 2.48. The van der Waals surface area contributed by atoms with Crippen molar-refractivity contribution in [2.45, 2.75) is 52.2 Å². The molecule has 38 heavy (non-hydrogen) atoms. The maximum Gasteiger partial charge on any atom is 0.333 e. The van der Waals surface area contributed by atoms with Crippen molar-refractivity contribution in [2.24, 2.45) is 0 Å². The summed E-state index contributed by atoms with van der Waals surface area (Å²) in [6.07, 6.45) is 1.34. The van der Waals surface area contributed by atoms with Crippen molar-refractivity contribution in [3.63, 3.8) is 0 Å². The van der Waals surface area contributed by atoms with Gasteiger partial charge in [-0.1, -0.05) is 26.0 Å². The molecular formula is C25H37FN3O7PS. The summed E-state index contributed by atoms with van der Waals surface area (Å²) < 4.78 is 62.0. The molecule has 0 aliphatic carbocycles. The van der Waals surface area contributed by atoms with Crippen LogP contribution in [0.5, 0.6) is 0 Å². The fraction of sp³-hybridized carbons (Fsp3) is 0.520. The van der Waals surface area contributed by atoms with Crippen LogP contribution in [0.15, 0.2) is 30.3 Å². The second-order valence-electron chi connectivity index (χ2n) is 9.01. The Morgan fingerprint density at radius 1 is 1.11 bits per heavy atom. The molecule has 1 aromatic carbocycles. The van der Waals surface area contributed by atoms with E-state index < -0.39 is 35.6 Å². The third-order valence-corrected chi connectivity index (χ3v) is 8.82. The van der Waals surface area contributed by atoms with Gasteiger partial charge in [-0.3, -0.25) is 4.57 Å². The van der Waals surface area contributed by atoms with Gasteiger partial charge in [0, 0.05) is 24.6 Å². The number of aliphatic hydroxyl groups excluding tert-OH is 2. The molecule has 0 aliphatic heterocycles. The number of hydrogen-bond acceptors (Lipinski definition) is 9. The highest BCUT2D eigenvalue weighted by Gasteiger charge is 2.28. The smallest absolute Gasteiger partial charge is 0.333 e. The number of sulfonamides is 1. The zero-order valence-corrected chi connectivity index (χ0v) is 24.2. The molecule has 0 saturated heterocycles. The van der Waals surface area contributed by atoms with Gasteiger partial charge in [-0.15, -0.1) is 0 Å². The van der Waals surface area contributed by atoms with Crippen molar-refractivity contribution in [1.29, 1.82) is 0 Å². The minimum Gasteiger partial charge on any atom is -0.392 e. The quantitative estimate of drug-likeness (QED) is 0.319. The average Bonchev–Trinajstić information content (AvgIpc) is 2.81. The Morgan fingerprint density at radius 3 is 2.18 bits per heavy atom. The predicted molar refractivity (Wildman–Crippen MR) is 146 cm³/mol. The van der Waals surface area contributed by atoms with Gasteiger partial charge < -0.3 is 19.3 Å². The first-order chi connectivity index (χ1) is 17.7. The molecule has 0 aliphatic rings. The number of nitrogens with zero attached hydrogens (tertiary/aromatic N) is 3. The van der Waals surface area contributed by atoms with Crippen LogP contribution in [0.3, 0.4) is 0 Å². The van der Waals surface area contributed by atoms with Gasteiger partial charge in [0.2, 0.25) is 16.0 Å². The zero-order chi connectivity index (χ0) is 28.7.